The summed E-state index contributed by atoms with van der Waals surface area (Å²) in [7, 11) is 0. The fourth-order valence-corrected chi connectivity index (χ4v) is 3.13. The Hall–Kier alpha value is -1.51. The van der Waals surface area contributed by atoms with Crippen molar-refractivity contribution in [3.05, 3.63) is 29.6 Å². The number of rotatable bonds is 1. The van der Waals surface area contributed by atoms with Crippen LogP contribution in [0, 0.1) is 12.8 Å². The Labute approximate surface area is 108 Å². The van der Waals surface area contributed by atoms with Crippen molar-refractivity contribution in [2.24, 2.45) is 5.92 Å². The molecule has 0 unspecified atom stereocenters. The Morgan fingerprint density at radius 3 is 2.61 bits per heavy atom. The quantitative estimate of drug-likeness (QED) is 0.832. The molecule has 3 heteroatoms. The van der Waals surface area contributed by atoms with Gasteiger partial charge >= 0.3 is 0 Å². The van der Waals surface area contributed by atoms with Crippen LogP contribution in [-0.4, -0.2) is 9.38 Å². The fraction of sp³-hybridized carbons (Fsp3) is 0.533. The number of nitrogen functional groups attached to an aromatic ring is 1. The summed E-state index contributed by atoms with van der Waals surface area (Å²) < 4.78 is 2.08. The fourth-order valence-electron chi connectivity index (χ4n) is 3.13. The first kappa shape index (κ1) is 11.6. The number of aromatic nitrogens is 2. The van der Waals surface area contributed by atoms with Gasteiger partial charge in [0.05, 0.1) is 5.69 Å². The van der Waals surface area contributed by atoms with Crippen molar-refractivity contribution in [1.82, 2.24) is 9.38 Å². The van der Waals surface area contributed by atoms with Crippen LogP contribution >= 0.6 is 0 Å². The van der Waals surface area contributed by atoms with Gasteiger partial charge in [0.15, 0.2) is 0 Å². The Morgan fingerprint density at radius 2 is 1.94 bits per heavy atom. The normalized spacial score (nSPS) is 24.6. The van der Waals surface area contributed by atoms with E-state index in [0.29, 0.717) is 5.92 Å². The molecule has 1 aliphatic carbocycles. The predicted molar refractivity (Wildman–Crippen MR) is 74.7 cm³/mol. The molecule has 2 heterocycles. The van der Waals surface area contributed by atoms with E-state index in [0.717, 1.165) is 28.8 Å². The molecule has 0 bridgehead atoms. The van der Waals surface area contributed by atoms with Crippen molar-refractivity contribution in [3.63, 3.8) is 0 Å². The second-order valence-corrected chi connectivity index (χ2v) is 5.70. The average molecular weight is 243 g/mol. The lowest BCUT2D eigenvalue weighted by Gasteiger charge is -2.25. The van der Waals surface area contributed by atoms with Crippen molar-refractivity contribution >= 4 is 11.5 Å². The number of fused-ring (bicyclic) bond motifs is 1. The lowest BCUT2D eigenvalue weighted by Crippen LogP contribution is -2.12. The van der Waals surface area contributed by atoms with Crippen LogP contribution < -0.4 is 5.73 Å². The lowest BCUT2D eigenvalue weighted by atomic mass is 9.81. The first-order valence-corrected chi connectivity index (χ1v) is 6.90. The van der Waals surface area contributed by atoms with E-state index >= 15 is 0 Å². The summed E-state index contributed by atoms with van der Waals surface area (Å²) in [5.41, 5.74) is 9.57. The third kappa shape index (κ3) is 1.78. The van der Waals surface area contributed by atoms with Crippen molar-refractivity contribution in [3.8, 4) is 0 Å². The van der Waals surface area contributed by atoms with E-state index in [2.05, 4.69) is 24.3 Å². The van der Waals surface area contributed by atoms with Gasteiger partial charge in [-0.05, 0) is 37.8 Å². The zero-order chi connectivity index (χ0) is 12.7. The van der Waals surface area contributed by atoms with Gasteiger partial charge in [0.25, 0.3) is 0 Å². The maximum Gasteiger partial charge on any atom is 0.138 e. The van der Waals surface area contributed by atoms with E-state index < -0.39 is 0 Å². The number of nitrogens with zero attached hydrogens (tertiary/aromatic N) is 2. The molecular formula is C15H21N3. The monoisotopic (exact) mass is 243 g/mol. The molecule has 0 aromatic carbocycles. The zero-order valence-corrected chi connectivity index (χ0v) is 11.2. The molecule has 3 rings (SSSR count). The topological polar surface area (TPSA) is 43.3 Å². The molecule has 1 aliphatic rings. The maximum atomic E-state index is 6.31. The minimum atomic E-state index is 0.556. The summed E-state index contributed by atoms with van der Waals surface area (Å²) in [6, 6.07) is 6.17. The van der Waals surface area contributed by atoms with Crippen molar-refractivity contribution in [2.45, 2.75) is 45.4 Å². The minimum absolute atomic E-state index is 0.556. The minimum Gasteiger partial charge on any atom is -0.383 e. The molecule has 18 heavy (non-hydrogen) atoms. The Kier molecular flexibility index (Phi) is 2.77. The summed E-state index contributed by atoms with van der Waals surface area (Å²) in [6.45, 7) is 4.42. The summed E-state index contributed by atoms with van der Waals surface area (Å²) in [5, 5.41) is 0. The molecule has 2 aromatic heterocycles. The van der Waals surface area contributed by atoms with Crippen LogP contribution in [0.15, 0.2) is 18.2 Å². The molecular weight excluding hydrogens is 222 g/mol. The third-order valence-corrected chi connectivity index (χ3v) is 4.31. The van der Waals surface area contributed by atoms with Gasteiger partial charge in [0.2, 0.25) is 0 Å². The van der Waals surface area contributed by atoms with Gasteiger partial charge in [0.1, 0.15) is 11.5 Å². The van der Waals surface area contributed by atoms with Gasteiger partial charge in [-0.15, -0.1) is 0 Å². The van der Waals surface area contributed by atoms with E-state index in [-0.39, 0.29) is 0 Å². The molecule has 1 fully saturated rings. The van der Waals surface area contributed by atoms with Crippen LogP contribution in [0.25, 0.3) is 5.65 Å². The summed E-state index contributed by atoms with van der Waals surface area (Å²) in [6.07, 6.45) is 5.07. The van der Waals surface area contributed by atoms with Gasteiger partial charge in [-0.3, -0.25) is 4.40 Å². The van der Waals surface area contributed by atoms with Crippen LogP contribution in [0.3, 0.4) is 0 Å². The molecule has 0 saturated heterocycles. The Bertz CT molecular complexity index is 562. The maximum absolute atomic E-state index is 6.31. The zero-order valence-electron chi connectivity index (χ0n) is 11.2. The van der Waals surface area contributed by atoms with E-state index in [4.69, 9.17) is 10.7 Å². The second-order valence-electron chi connectivity index (χ2n) is 5.70. The number of hydrogen-bond donors (Lipinski definition) is 1. The first-order chi connectivity index (χ1) is 8.66. The van der Waals surface area contributed by atoms with E-state index in [1.54, 1.807) is 0 Å². The van der Waals surface area contributed by atoms with Gasteiger partial charge in [-0.25, -0.2) is 4.98 Å². The molecule has 96 valence electrons. The smallest absolute Gasteiger partial charge is 0.138 e. The number of pyridine rings is 1. The van der Waals surface area contributed by atoms with Crippen LogP contribution in [-0.2, 0) is 0 Å². The number of nitrogens with two attached hydrogens (primary N) is 1. The second kappa shape index (κ2) is 4.30. The van der Waals surface area contributed by atoms with Crippen molar-refractivity contribution in [1.29, 1.82) is 0 Å². The SMILES string of the molecule is Cc1cccc2nc(C3CCC(C)CC3)c(N)n12. The highest BCUT2D eigenvalue weighted by Crippen LogP contribution is 2.37. The molecule has 0 amide bonds. The molecule has 0 aliphatic heterocycles. The number of hydrogen-bond acceptors (Lipinski definition) is 2. The Balaban J connectivity index is 2.02. The van der Waals surface area contributed by atoms with E-state index in [1.165, 1.54) is 25.7 Å². The van der Waals surface area contributed by atoms with Crippen LogP contribution in [0.2, 0.25) is 0 Å². The van der Waals surface area contributed by atoms with Gasteiger partial charge in [-0.1, -0.05) is 25.8 Å². The largest absolute Gasteiger partial charge is 0.383 e. The number of imidazole rings is 1. The van der Waals surface area contributed by atoms with Crippen LogP contribution in [0.1, 0.15) is 49.9 Å². The molecule has 0 spiro atoms. The van der Waals surface area contributed by atoms with Gasteiger partial charge in [0, 0.05) is 11.6 Å². The van der Waals surface area contributed by atoms with E-state index in [1.807, 2.05) is 12.1 Å². The molecule has 2 N–H and O–H groups in total. The molecule has 3 nitrogen and oxygen atoms in total. The van der Waals surface area contributed by atoms with Gasteiger partial charge < -0.3 is 5.73 Å². The highest BCUT2D eigenvalue weighted by atomic mass is 15.1. The van der Waals surface area contributed by atoms with E-state index in [9.17, 15) is 0 Å². The van der Waals surface area contributed by atoms with Crippen LogP contribution in [0.4, 0.5) is 5.82 Å². The predicted octanol–water partition coefficient (Wildman–Crippen LogP) is 3.52. The first-order valence-electron chi connectivity index (χ1n) is 6.90. The lowest BCUT2D eigenvalue weighted by molar-refractivity contribution is 0.345. The highest BCUT2D eigenvalue weighted by molar-refractivity contribution is 5.55. The molecule has 0 radical (unpaired) electrons. The summed E-state index contributed by atoms with van der Waals surface area (Å²) in [5.74, 6) is 2.27. The molecule has 0 atom stereocenters. The van der Waals surface area contributed by atoms with Crippen molar-refractivity contribution in [2.75, 3.05) is 5.73 Å². The summed E-state index contributed by atoms with van der Waals surface area (Å²) in [4.78, 5) is 4.76. The summed E-state index contributed by atoms with van der Waals surface area (Å²) >= 11 is 0. The average Bonchev–Trinajstić information content (AvgIpc) is 2.69. The van der Waals surface area contributed by atoms with Crippen LogP contribution in [0.5, 0.6) is 0 Å². The molecule has 1 saturated carbocycles. The number of aryl methyl sites for hydroxylation is 1. The number of anilines is 1. The standard InChI is InChI=1S/C15H21N3/c1-10-6-8-12(9-7-10)14-15(16)18-11(2)4-3-5-13(18)17-14/h3-5,10,12H,6-9,16H2,1-2H3. The van der Waals surface area contributed by atoms with Gasteiger partial charge in [-0.2, -0.15) is 0 Å². The third-order valence-electron chi connectivity index (χ3n) is 4.31. The highest BCUT2D eigenvalue weighted by Gasteiger charge is 2.24. The Morgan fingerprint density at radius 1 is 1.22 bits per heavy atom. The molecule has 2 aromatic rings. The van der Waals surface area contributed by atoms with Crippen molar-refractivity contribution < 1.29 is 0 Å².